The van der Waals surface area contributed by atoms with E-state index in [0.29, 0.717) is 31.2 Å². The third-order valence-corrected chi connectivity index (χ3v) is 5.70. The second kappa shape index (κ2) is 8.13. The number of thiazole rings is 1. The molecule has 1 aromatic heterocycles. The molecule has 0 aliphatic carbocycles. The van der Waals surface area contributed by atoms with E-state index in [2.05, 4.69) is 15.2 Å². The van der Waals surface area contributed by atoms with Crippen LogP contribution in [0.15, 0.2) is 11.6 Å². The van der Waals surface area contributed by atoms with Gasteiger partial charge in [0, 0.05) is 57.8 Å². The SMILES string of the molecule is CN(C)C(=O)CN1C(=O)[C@H]2CC[C@@H]1CN(CCC(=O)Nc1nccs1)C2. The molecule has 0 unspecified atom stereocenters. The van der Waals surface area contributed by atoms with E-state index in [4.69, 9.17) is 0 Å². The fourth-order valence-electron chi connectivity index (χ4n) is 3.53. The van der Waals surface area contributed by atoms with Crippen molar-refractivity contribution in [3.63, 3.8) is 0 Å². The summed E-state index contributed by atoms with van der Waals surface area (Å²) in [7, 11) is 3.41. The van der Waals surface area contributed by atoms with Crippen molar-refractivity contribution in [2.75, 3.05) is 45.6 Å². The van der Waals surface area contributed by atoms with Crippen molar-refractivity contribution in [2.24, 2.45) is 5.92 Å². The van der Waals surface area contributed by atoms with E-state index in [-0.39, 0.29) is 36.2 Å². The molecule has 4 rings (SSSR count). The Kier molecular flexibility index (Phi) is 5.87. The number of carbonyl (C=O) groups is 3. The number of nitrogens with one attached hydrogen (secondary N) is 1. The average molecular weight is 379 g/mol. The van der Waals surface area contributed by atoms with Gasteiger partial charge in [-0.05, 0) is 12.8 Å². The molecule has 142 valence electrons. The van der Waals surface area contributed by atoms with Gasteiger partial charge in [-0.1, -0.05) is 0 Å². The van der Waals surface area contributed by atoms with Crippen LogP contribution >= 0.6 is 11.3 Å². The molecule has 0 aromatic carbocycles. The van der Waals surface area contributed by atoms with Gasteiger partial charge in [-0.2, -0.15) is 0 Å². The van der Waals surface area contributed by atoms with Crippen molar-refractivity contribution >= 4 is 34.2 Å². The van der Waals surface area contributed by atoms with Crippen LogP contribution < -0.4 is 5.32 Å². The van der Waals surface area contributed by atoms with Crippen LogP contribution in [0.5, 0.6) is 0 Å². The molecule has 3 aliphatic rings. The summed E-state index contributed by atoms with van der Waals surface area (Å²) < 4.78 is 0. The number of anilines is 1. The highest BCUT2D eigenvalue weighted by Crippen LogP contribution is 2.29. The number of rotatable bonds is 6. The maximum Gasteiger partial charge on any atom is 0.241 e. The molecule has 3 fully saturated rings. The number of hydrogen-bond donors (Lipinski definition) is 1. The fraction of sp³-hybridized carbons (Fsp3) is 0.647. The number of aromatic nitrogens is 1. The van der Waals surface area contributed by atoms with Crippen LogP contribution in [0.4, 0.5) is 5.13 Å². The molecule has 26 heavy (non-hydrogen) atoms. The molecule has 9 heteroatoms. The van der Waals surface area contributed by atoms with Gasteiger partial charge < -0.3 is 15.1 Å². The molecule has 4 heterocycles. The summed E-state index contributed by atoms with van der Waals surface area (Å²) in [6.07, 6.45) is 3.79. The molecular weight excluding hydrogens is 354 g/mol. The third kappa shape index (κ3) is 4.39. The van der Waals surface area contributed by atoms with Crippen molar-refractivity contribution < 1.29 is 14.4 Å². The summed E-state index contributed by atoms with van der Waals surface area (Å²) >= 11 is 1.39. The lowest BCUT2D eigenvalue weighted by molar-refractivity contribution is -0.145. The Balaban J connectivity index is 1.56. The monoisotopic (exact) mass is 379 g/mol. The average Bonchev–Trinajstić information content (AvgIpc) is 2.96. The first kappa shape index (κ1) is 18.8. The number of amides is 3. The molecule has 0 saturated carbocycles. The number of nitrogens with zero attached hydrogens (tertiary/aromatic N) is 4. The van der Waals surface area contributed by atoms with E-state index < -0.39 is 0 Å². The van der Waals surface area contributed by atoms with Gasteiger partial charge in [0.25, 0.3) is 0 Å². The summed E-state index contributed by atoms with van der Waals surface area (Å²) in [6, 6.07) is 0.0483. The van der Waals surface area contributed by atoms with Crippen molar-refractivity contribution in [3.8, 4) is 0 Å². The van der Waals surface area contributed by atoms with Crippen molar-refractivity contribution in [2.45, 2.75) is 25.3 Å². The Morgan fingerprint density at radius 2 is 2.15 bits per heavy atom. The number of carbonyl (C=O) groups excluding carboxylic acids is 3. The lowest BCUT2D eigenvalue weighted by Crippen LogP contribution is -2.51. The predicted octanol–water partition coefficient (Wildman–Crippen LogP) is 0.483. The molecule has 3 amide bonds. The fourth-order valence-corrected chi connectivity index (χ4v) is 4.08. The van der Waals surface area contributed by atoms with Crippen molar-refractivity contribution in [1.82, 2.24) is 19.7 Å². The van der Waals surface area contributed by atoms with Crippen LogP contribution in [0.25, 0.3) is 0 Å². The maximum atomic E-state index is 12.7. The van der Waals surface area contributed by atoms with Crippen molar-refractivity contribution in [1.29, 1.82) is 0 Å². The molecule has 3 aliphatic heterocycles. The number of piperidine rings is 1. The van der Waals surface area contributed by atoms with Crippen LogP contribution in [0.3, 0.4) is 0 Å². The molecule has 2 atom stereocenters. The Bertz CT molecular complexity index is 663. The molecule has 0 spiro atoms. The molecule has 3 saturated heterocycles. The summed E-state index contributed by atoms with van der Waals surface area (Å²) in [5.41, 5.74) is 0. The smallest absolute Gasteiger partial charge is 0.241 e. The summed E-state index contributed by atoms with van der Waals surface area (Å²) in [6.45, 7) is 2.12. The minimum Gasteiger partial charge on any atom is -0.347 e. The molecule has 2 bridgehead atoms. The lowest BCUT2D eigenvalue weighted by Gasteiger charge is -2.36. The molecule has 8 nitrogen and oxygen atoms in total. The van der Waals surface area contributed by atoms with Gasteiger partial charge in [0.2, 0.25) is 17.7 Å². The highest BCUT2D eigenvalue weighted by Gasteiger charge is 2.41. The van der Waals surface area contributed by atoms with E-state index in [1.165, 1.54) is 16.2 Å². The maximum absolute atomic E-state index is 12.7. The Morgan fingerprint density at radius 3 is 2.85 bits per heavy atom. The largest absolute Gasteiger partial charge is 0.347 e. The first-order valence-corrected chi connectivity index (χ1v) is 9.74. The highest BCUT2D eigenvalue weighted by molar-refractivity contribution is 7.13. The van der Waals surface area contributed by atoms with E-state index in [9.17, 15) is 14.4 Å². The van der Waals surface area contributed by atoms with Crippen LogP contribution in [0, 0.1) is 5.92 Å². The Labute approximate surface area is 157 Å². The Morgan fingerprint density at radius 1 is 1.35 bits per heavy atom. The molecule has 0 radical (unpaired) electrons. The van der Waals surface area contributed by atoms with Gasteiger partial charge >= 0.3 is 0 Å². The standard InChI is InChI=1S/C17H25N5O3S/c1-20(2)15(24)11-22-13-4-3-12(16(22)25)9-21(10-13)7-5-14(23)19-17-18-6-8-26-17/h6,8,12-13H,3-5,7,9-11H2,1-2H3,(H,18,19,23)/t12-,13+/m0/s1. The topological polar surface area (TPSA) is 85.9 Å². The van der Waals surface area contributed by atoms with Gasteiger partial charge in [0.15, 0.2) is 5.13 Å². The number of hydrogen-bond acceptors (Lipinski definition) is 6. The van der Waals surface area contributed by atoms with Crippen molar-refractivity contribution in [3.05, 3.63) is 11.6 Å². The van der Waals surface area contributed by atoms with Crippen LogP contribution in [0.1, 0.15) is 19.3 Å². The minimum atomic E-state index is -0.0780. The van der Waals surface area contributed by atoms with Crippen LogP contribution in [-0.4, -0.2) is 83.7 Å². The van der Waals surface area contributed by atoms with Gasteiger partial charge in [0.05, 0.1) is 5.92 Å². The first-order chi connectivity index (χ1) is 12.4. The van der Waals surface area contributed by atoms with Crippen LogP contribution in [-0.2, 0) is 14.4 Å². The molecule has 1 aromatic rings. The zero-order valence-electron chi connectivity index (χ0n) is 15.2. The van der Waals surface area contributed by atoms with E-state index in [1.807, 2.05) is 5.38 Å². The highest BCUT2D eigenvalue weighted by atomic mass is 32.1. The zero-order valence-corrected chi connectivity index (χ0v) is 16.0. The van der Waals surface area contributed by atoms with Crippen LogP contribution in [0.2, 0.25) is 0 Å². The zero-order chi connectivity index (χ0) is 18.7. The number of likely N-dealkylation sites (N-methyl/N-ethyl adjacent to an activating group) is 1. The second-order valence-electron chi connectivity index (χ2n) is 7.08. The predicted molar refractivity (Wildman–Crippen MR) is 98.7 cm³/mol. The minimum absolute atomic E-state index is 0.0483. The summed E-state index contributed by atoms with van der Waals surface area (Å²) in [5.74, 6) is -0.125. The van der Waals surface area contributed by atoms with E-state index in [0.717, 1.165) is 12.8 Å². The van der Waals surface area contributed by atoms with Gasteiger partial charge in [-0.25, -0.2) is 4.98 Å². The second-order valence-corrected chi connectivity index (χ2v) is 7.97. The molecular formula is C17H25N5O3S. The quantitative estimate of drug-likeness (QED) is 0.777. The van der Waals surface area contributed by atoms with E-state index >= 15 is 0 Å². The Hall–Kier alpha value is -2.00. The summed E-state index contributed by atoms with van der Waals surface area (Å²) in [5, 5.41) is 5.21. The van der Waals surface area contributed by atoms with Gasteiger partial charge in [0.1, 0.15) is 6.54 Å². The summed E-state index contributed by atoms with van der Waals surface area (Å²) in [4.78, 5) is 46.3. The van der Waals surface area contributed by atoms with Gasteiger partial charge in [-0.15, -0.1) is 11.3 Å². The number of fused-ring (bicyclic) bond motifs is 4. The van der Waals surface area contributed by atoms with Gasteiger partial charge in [-0.3, -0.25) is 19.3 Å². The molecule has 1 N–H and O–H groups in total. The third-order valence-electron chi connectivity index (χ3n) is 5.01. The lowest BCUT2D eigenvalue weighted by atomic mass is 9.94. The van der Waals surface area contributed by atoms with E-state index in [1.54, 1.807) is 25.2 Å². The first-order valence-electron chi connectivity index (χ1n) is 8.86. The normalized spacial score (nSPS) is 23.0.